The molecule has 0 aliphatic rings. The van der Waals surface area contributed by atoms with Crippen molar-refractivity contribution in [2.75, 3.05) is 13.6 Å². The number of carbonyl (C=O) groups is 1. The van der Waals surface area contributed by atoms with Crippen LogP contribution in [-0.4, -0.2) is 36.8 Å². The van der Waals surface area contributed by atoms with Gasteiger partial charge in [0.2, 0.25) is 10.0 Å². The average Bonchev–Trinajstić information content (AvgIpc) is 3.10. The molecule has 0 saturated carbocycles. The number of para-hydroxylation sites is 1. The summed E-state index contributed by atoms with van der Waals surface area (Å²) in [4.78, 5) is 17.7. The Bertz CT molecular complexity index is 1280. The summed E-state index contributed by atoms with van der Waals surface area (Å²) in [7, 11) is -2.03. The highest BCUT2D eigenvalue weighted by Crippen LogP contribution is 2.25. The van der Waals surface area contributed by atoms with Gasteiger partial charge < -0.3 is 4.57 Å². The van der Waals surface area contributed by atoms with E-state index in [1.807, 2.05) is 23.6 Å². The minimum Gasteiger partial charge on any atom is -0.311 e. The van der Waals surface area contributed by atoms with E-state index in [1.54, 1.807) is 19.2 Å². The molecule has 6 nitrogen and oxygen atoms in total. The molecule has 3 aromatic rings. The SMILES string of the molecule is C=CCn1c(=NC(=O)c2ccc(S(=O)(=O)N(C)CCCC)cc2)sc2cccc(Cl)c21. The maximum absolute atomic E-state index is 12.8. The second-order valence-corrected chi connectivity index (χ2v) is 10.5. The van der Waals surface area contributed by atoms with Crippen molar-refractivity contribution in [1.29, 1.82) is 0 Å². The Morgan fingerprint density at radius 1 is 1.26 bits per heavy atom. The Morgan fingerprint density at radius 2 is 1.97 bits per heavy atom. The number of aromatic nitrogens is 1. The first-order valence-electron chi connectivity index (χ1n) is 9.83. The third-order valence-electron chi connectivity index (χ3n) is 4.80. The summed E-state index contributed by atoms with van der Waals surface area (Å²) in [6, 6.07) is 11.4. The number of nitrogens with zero attached hydrogens (tertiary/aromatic N) is 3. The molecule has 9 heteroatoms. The highest BCUT2D eigenvalue weighted by atomic mass is 35.5. The molecule has 0 fully saturated rings. The smallest absolute Gasteiger partial charge is 0.279 e. The van der Waals surface area contributed by atoms with Crippen LogP contribution in [0.15, 0.2) is 65.0 Å². The van der Waals surface area contributed by atoms with Crippen molar-refractivity contribution in [1.82, 2.24) is 8.87 Å². The van der Waals surface area contributed by atoms with Gasteiger partial charge in [-0.3, -0.25) is 4.79 Å². The second-order valence-electron chi connectivity index (χ2n) is 6.99. The summed E-state index contributed by atoms with van der Waals surface area (Å²) in [5.41, 5.74) is 1.11. The minimum atomic E-state index is -3.59. The molecule has 0 aliphatic heterocycles. The highest BCUT2D eigenvalue weighted by molar-refractivity contribution is 7.89. The number of benzene rings is 2. The molecule has 0 radical (unpaired) electrons. The summed E-state index contributed by atoms with van der Waals surface area (Å²) in [6.07, 6.45) is 3.41. The summed E-state index contributed by atoms with van der Waals surface area (Å²) >= 11 is 7.71. The number of allylic oxidation sites excluding steroid dienone is 1. The number of rotatable bonds is 8. The number of amides is 1. The molecule has 0 bridgehead atoms. The fourth-order valence-corrected chi connectivity index (χ4v) is 5.68. The largest absolute Gasteiger partial charge is 0.311 e. The van der Waals surface area contributed by atoms with Gasteiger partial charge >= 0.3 is 0 Å². The van der Waals surface area contributed by atoms with Crippen molar-refractivity contribution in [2.24, 2.45) is 4.99 Å². The van der Waals surface area contributed by atoms with Gasteiger partial charge in [-0.05, 0) is 42.8 Å². The summed E-state index contributed by atoms with van der Waals surface area (Å²) in [6.45, 7) is 6.68. The van der Waals surface area contributed by atoms with Crippen LogP contribution < -0.4 is 4.80 Å². The van der Waals surface area contributed by atoms with E-state index in [4.69, 9.17) is 11.6 Å². The summed E-state index contributed by atoms with van der Waals surface area (Å²) in [5, 5.41) is 0.575. The van der Waals surface area contributed by atoms with Gasteiger partial charge in [0.1, 0.15) is 0 Å². The van der Waals surface area contributed by atoms with Crippen LogP contribution in [0, 0.1) is 0 Å². The quantitative estimate of drug-likeness (QED) is 0.441. The molecular formula is C22H24ClN3O3S2. The van der Waals surface area contributed by atoms with Crippen LogP contribution in [0.3, 0.4) is 0 Å². The van der Waals surface area contributed by atoms with Crippen LogP contribution in [-0.2, 0) is 16.6 Å². The van der Waals surface area contributed by atoms with Crippen LogP contribution in [0.25, 0.3) is 10.2 Å². The van der Waals surface area contributed by atoms with Crippen LogP contribution in [0.2, 0.25) is 5.02 Å². The molecule has 0 atom stereocenters. The summed E-state index contributed by atoms with van der Waals surface area (Å²) in [5.74, 6) is -0.455. The van der Waals surface area contributed by atoms with Gasteiger partial charge in [-0.2, -0.15) is 4.99 Å². The van der Waals surface area contributed by atoms with Crippen LogP contribution in [0.1, 0.15) is 30.1 Å². The predicted molar refractivity (Wildman–Crippen MR) is 126 cm³/mol. The molecule has 1 aromatic heterocycles. The molecule has 0 aliphatic carbocycles. The molecule has 31 heavy (non-hydrogen) atoms. The Labute approximate surface area is 191 Å². The fraction of sp³-hybridized carbons (Fsp3) is 0.273. The number of hydrogen-bond donors (Lipinski definition) is 0. The number of unbranched alkanes of at least 4 members (excludes halogenated alkanes) is 1. The lowest BCUT2D eigenvalue weighted by Crippen LogP contribution is -2.27. The second kappa shape index (κ2) is 9.91. The van der Waals surface area contributed by atoms with Crippen molar-refractivity contribution >= 4 is 49.1 Å². The molecule has 1 heterocycles. The Morgan fingerprint density at radius 3 is 2.61 bits per heavy atom. The van der Waals surface area contributed by atoms with Crippen molar-refractivity contribution in [3.8, 4) is 0 Å². The van der Waals surface area contributed by atoms with E-state index in [-0.39, 0.29) is 4.90 Å². The topological polar surface area (TPSA) is 71.7 Å². The van der Waals surface area contributed by atoms with Crippen molar-refractivity contribution in [2.45, 2.75) is 31.2 Å². The van der Waals surface area contributed by atoms with E-state index in [9.17, 15) is 13.2 Å². The zero-order valence-electron chi connectivity index (χ0n) is 17.4. The van der Waals surface area contributed by atoms with Crippen LogP contribution >= 0.6 is 22.9 Å². The molecule has 0 saturated heterocycles. The molecule has 164 valence electrons. The van der Waals surface area contributed by atoms with E-state index < -0.39 is 15.9 Å². The van der Waals surface area contributed by atoms with Gasteiger partial charge in [0, 0.05) is 25.7 Å². The molecule has 0 N–H and O–H groups in total. The third-order valence-corrected chi connectivity index (χ3v) is 8.02. The average molecular weight is 478 g/mol. The monoisotopic (exact) mass is 477 g/mol. The molecule has 1 amide bonds. The van der Waals surface area contributed by atoms with Crippen LogP contribution in [0.5, 0.6) is 0 Å². The number of thiazole rings is 1. The van der Waals surface area contributed by atoms with E-state index >= 15 is 0 Å². The zero-order valence-corrected chi connectivity index (χ0v) is 19.8. The molecule has 2 aromatic carbocycles. The molecule has 3 rings (SSSR count). The number of hydrogen-bond acceptors (Lipinski definition) is 4. The lowest BCUT2D eigenvalue weighted by molar-refractivity contribution is 0.0998. The fourth-order valence-electron chi connectivity index (χ4n) is 3.07. The number of halogens is 1. The zero-order chi connectivity index (χ0) is 22.6. The first-order valence-corrected chi connectivity index (χ1v) is 12.5. The van der Waals surface area contributed by atoms with Gasteiger partial charge in [-0.1, -0.05) is 48.4 Å². The lowest BCUT2D eigenvalue weighted by Gasteiger charge is -2.16. The highest BCUT2D eigenvalue weighted by Gasteiger charge is 2.20. The number of sulfonamides is 1. The van der Waals surface area contributed by atoms with Gasteiger partial charge in [0.05, 0.1) is 20.1 Å². The third kappa shape index (κ3) is 4.98. The van der Waals surface area contributed by atoms with Gasteiger partial charge in [-0.15, -0.1) is 6.58 Å². The normalized spacial score (nSPS) is 12.6. The molecular weight excluding hydrogens is 454 g/mol. The maximum Gasteiger partial charge on any atom is 0.279 e. The Balaban J connectivity index is 1.94. The number of fused-ring (bicyclic) bond motifs is 1. The van der Waals surface area contributed by atoms with Crippen molar-refractivity contribution in [3.05, 3.63) is 70.5 Å². The van der Waals surface area contributed by atoms with E-state index in [0.29, 0.717) is 28.5 Å². The van der Waals surface area contributed by atoms with E-state index in [0.717, 1.165) is 23.1 Å². The van der Waals surface area contributed by atoms with Gasteiger partial charge in [-0.25, -0.2) is 12.7 Å². The minimum absolute atomic E-state index is 0.151. The maximum atomic E-state index is 12.8. The molecule has 0 spiro atoms. The Hall–Kier alpha value is -2.26. The van der Waals surface area contributed by atoms with Gasteiger partial charge in [0.25, 0.3) is 5.91 Å². The number of carbonyl (C=O) groups excluding carboxylic acids is 1. The first kappa shape index (κ1) is 23.4. The van der Waals surface area contributed by atoms with E-state index in [1.165, 1.54) is 39.9 Å². The van der Waals surface area contributed by atoms with Crippen LogP contribution in [0.4, 0.5) is 0 Å². The van der Waals surface area contributed by atoms with Gasteiger partial charge in [0.15, 0.2) is 4.80 Å². The Kier molecular flexibility index (Phi) is 7.48. The molecule has 0 unspecified atom stereocenters. The van der Waals surface area contributed by atoms with Crippen molar-refractivity contribution < 1.29 is 13.2 Å². The van der Waals surface area contributed by atoms with E-state index in [2.05, 4.69) is 11.6 Å². The van der Waals surface area contributed by atoms with Crippen molar-refractivity contribution in [3.63, 3.8) is 0 Å². The predicted octanol–water partition coefficient (Wildman–Crippen LogP) is 4.70. The summed E-state index contributed by atoms with van der Waals surface area (Å²) < 4.78 is 29.4. The standard InChI is InChI=1S/C22H24ClN3O3S2/c1-4-6-15-25(3)31(28,29)17-12-10-16(11-13-17)21(27)24-22-26(14-5-2)20-18(23)8-7-9-19(20)30-22/h5,7-13H,2,4,6,14-15H2,1,3H3. The lowest BCUT2D eigenvalue weighted by atomic mass is 10.2. The first-order chi connectivity index (χ1) is 14.8.